The molecule has 0 aliphatic rings. The summed E-state index contributed by atoms with van der Waals surface area (Å²) in [6, 6.07) is 3.90. The Morgan fingerprint density at radius 3 is 2.65 bits per heavy atom. The molecular formula is C15H17N3O2. The Kier molecular flexibility index (Phi) is 6.15. The molecule has 0 amide bonds. The molecule has 2 aromatic rings. The molecule has 1 aromatic carbocycles. The number of carbonyl (C=O) groups excluding carboxylic acids is 2. The lowest BCUT2D eigenvalue weighted by Gasteiger charge is -2.04. The fourth-order valence-corrected chi connectivity index (χ4v) is 2.09. The molecule has 0 saturated heterocycles. The summed E-state index contributed by atoms with van der Waals surface area (Å²) in [6.07, 6.45) is 5.75. The molecular weight excluding hydrogens is 254 g/mol. The predicted molar refractivity (Wildman–Crippen MR) is 75.3 cm³/mol. The lowest BCUT2D eigenvalue weighted by Crippen LogP contribution is -1.99. The minimum absolute atomic E-state index is 0.250. The van der Waals surface area contributed by atoms with Crippen LogP contribution in [0, 0.1) is 13.5 Å². The van der Waals surface area contributed by atoms with Crippen molar-refractivity contribution in [2.24, 2.45) is 0 Å². The molecule has 1 heterocycles. The van der Waals surface area contributed by atoms with Gasteiger partial charge in [0.1, 0.15) is 0 Å². The van der Waals surface area contributed by atoms with Crippen molar-refractivity contribution < 1.29 is 9.59 Å². The van der Waals surface area contributed by atoms with E-state index < -0.39 is 0 Å². The van der Waals surface area contributed by atoms with Gasteiger partial charge in [-0.2, -0.15) is 14.7 Å². The molecule has 20 heavy (non-hydrogen) atoms. The summed E-state index contributed by atoms with van der Waals surface area (Å²) >= 11 is 0. The standard InChI is InChI=1S/C14H17N3.CO2/c1-4-5-6-9-17-14-8-7-13(15-3)11(2)12(14)10-16-17;2-1-3/h7-8,10H,4-6,9H2,1-2H3;. The van der Waals surface area contributed by atoms with Crippen molar-refractivity contribution in [3.8, 4) is 0 Å². The molecule has 2 rings (SSSR count). The highest BCUT2D eigenvalue weighted by molar-refractivity contribution is 5.87. The number of benzene rings is 1. The molecule has 0 aliphatic heterocycles. The van der Waals surface area contributed by atoms with Crippen molar-refractivity contribution >= 4 is 22.7 Å². The SMILES string of the molecule is O=C=O.[C-]#[N+]c1ccc2c(cnn2CCCCC)c1C. The van der Waals surface area contributed by atoms with Gasteiger partial charge in [-0.05, 0) is 25.0 Å². The second-order valence-corrected chi connectivity index (χ2v) is 4.41. The van der Waals surface area contributed by atoms with Gasteiger partial charge in [0.05, 0.1) is 18.3 Å². The molecule has 0 unspecified atom stereocenters. The molecule has 0 N–H and O–H groups in total. The van der Waals surface area contributed by atoms with E-state index in [2.05, 4.69) is 16.9 Å². The van der Waals surface area contributed by atoms with E-state index in [9.17, 15) is 0 Å². The normalized spacial score (nSPS) is 9.45. The minimum atomic E-state index is 0.250. The van der Waals surface area contributed by atoms with E-state index in [0.717, 1.165) is 35.1 Å². The monoisotopic (exact) mass is 271 g/mol. The Morgan fingerprint density at radius 2 is 2.05 bits per heavy atom. The van der Waals surface area contributed by atoms with E-state index in [-0.39, 0.29) is 6.15 Å². The lowest BCUT2D eigenvalue weighted by molar-refractivity contribution is -0.191. The van der Waals surface area contributed by atoms with Crippen LogP contribution in [0.3, 0.4) is 0 Å². The molecule has 1 aromatic heterocycles. The van der Waals surface area contributed by atoms with Crippen LogP contribution in [0.2, 0.25) is 0 Å². The van der Waals surface area contributed by atoms with E-state index in [1.165, 1.54) is 12.8 Å². The summed E-state index contributed by atoms with van der Waals surface area (Å²) in [4.78, 5) is 19.8. The first kappa shape index (κ1) is 15.6. The average Bonchev–Trinajstić information content (AvgIpc) is 2.85. The van der Waals surface area contributed by atoms with E-state index in [1.807, 2.05) is 29.9 Å². The molecule has 0 spiro atoms. The number of rotatable bonds is 4. The molecule has 0 fully saturated rings. The zero-order chi connectivity index (χ0) is 15.0. The summed E-state index contributed by atoms with van der Waals surface area (Å²) in [7, 11) is 0. The Morgan fingerprint density at radius 1 is 1.35 bits per heavy atom. The van der Waals surface area contributed by atoms with Crippen LogP contribution >= 0.6 is 0 Å². The summed E-state index contributed by atoms with van der Waals surface area (Å²) in [6.45, 7) is 12.3. The van der Waals surface area contributed by atoms with Crippen LogP contribution in [0.5, 0.6) is 0 Å². The maximum Gasteiger partial charge on any atom is 0.373 e. The van der Waals surface area contributed by atoms with E-state index in [0.29, 0.717) is 0 Å². The topological polar surface area (TPSA) is 56.3 Å². The highest BCUT2D eigenvalue weighted by Crippen LogP contribution is 2.27. The molecule has 0 atom stereocenters. The number of hydrogen-bond donors (Lipinski definition) is 0. The van der Waals surface area contributed by atoms with Crippen LogP contribution < -0.4 is 0 Å². The van der Waals surface area contributed by atoms with E-state index >= 15 is 0 Å². The number of nitrogens with zero attached hydrogens (tertiary/aromatic N) is 3. The predicted octanol–water partition coefficient (Wildman–Crippen LogP) is 3.50. The highest BCUT2D eigenvalue weighted by atomic mass is 16.2. The van der Waals surface area contributed by atoms with Crippen molar-refractivity contribution in [2.45, 2.75) is 39.7 Å². The number of aryl methyl sites for hydroxylation is 2. The lowest BCUT2D eigenvalue weighted by atomic mass is 10.1. The molecule has 104 valence electrons. The highest BCUT2D eigenvalue weighted by Gasteiger charge is 2.07. The van der Waals surface area contributed by atoms with Gasteiger partial charge in [-0.25, -0.2) is 4.85 Å². The smallest absolute Gasteiger partial charge is 0.265 e. The maximum absolute atomic E-state index is 8.12. The van der Waals surface area contributed by atoms with Crippen LogP contribution in [0.1, 0.15) is 31.7 Å². The van der Waals surface area contributed by atoms with Crippen LogP contribution in [-0.2, 0) is 16.1 Å². The van der Waals surface area contributed by atoms with Gasteiger partial charge in [0.15, 0.2) is 5.69 Å². The fourth-order valence-electron chi connectivity index (χ4n) is 2.09. The Labute approximate surface area is 118 Å². The van der Waals surface area contributed by atoms with Crippen LogP contribution in [0.25, 0.3) is 15.7 Å². The number of aromatic nitrogens is 2. The first-order valence-electron chi connectivity index (χ1n) is 6.51. The Bertz CT molecular complexity index is 647. The van der Waals surface area contributed by atoms with Crippen LogP contribution in [-0.4, -0.2) is 15.9 Å². The van der Waals surface area contributed by atoms with Gasteiger partial charge >= 0.3 is 6.15 Å². The van der Waals surface area contributed by atoms with E-state index in [1.54, 1.807) is 0 Å². The summed E-state index contributed by atoms with van der Waals surface area (Å²) in [5, 5.41) is 5.52. The first-order valence-corrected chi connectivity index (χ1v) is 6.51. The molecule has 0 radical (unpaired) electrons. The zero-order valence-corrected chi connectivity index (χ0v) is 11.7. The summed E-state index contributed by atoms with van der Waals surface area (Å²) in [5.74, 6) is 0. The number of hydrogen-bond acceptors (Lipinski definition) is 3. The Hall–Kier alpha value is -2.44. The molecule has 5 nitrogen and oxygen atoms in total. The largest absolute Gasteiger partial charge is 0.373 e. The van der Waals surface area contributed by atoms with Crippen molar-refractivity contribution in [2.75, 3.05) is 0 Å². The van der Waals surface area contributed by atoms with Gasteiger partial charge in [-0.15, -0.1) is 0 Å². The minimum Gasteiger partial charge on any atom is -0.265 e. The van der Waals surface area contributed by atoms with Gasteiger partial charge in [-0.3, -0.25) is 4.68 Å². The van der Waals surface area contributed by atoms with Gasteiger partial charge in [0, 0.05) is 11.9 Å². The molecule has 0 saturated carbocycles. The quantitative estimate of drug-likeness (QED) is 0.631. The summed E-state index contributed by atoms with van der Waals surface area (Å²) < 4.78 is 2.05. The number of unbranched alkanes of at least 4 members (excludes halogenated alkanes) is 2. The van der Waals surface area contributed by atoms with Gasteiger partial charge < -0.3 is 0 Å². The summed E-state index contributed by atoms with van der Waals surface area (Å²) in [5.41, 5.74) is 2.91. The van der Waals surface area contributed by atoms with Crippen LogP contribution in [0.4, 0.5) is 5.69 Å². The van der Waals surface area contributed by atoms with Crippen LogP contribution in [0.15, 0.2) is 18.3 Å². The first-order chi connectivity index (χ1) is 9.69. The van der Waals surface area contributed by atoms with Gasteiger partial charge in [0.25, 0.3) is 0 Å². The van der Waals surface area contributed by atoms with Gasteiger partial charge in [-0.1, -0.05) is 25.8 Å². The van der Waals surface area contributed by atoms with Crippen molar-refractivity contribution in [1.82, 2.24) is 9.78 Å². The zero-order valence-electron chi connectivity index (χ0n) is 11.7. The van der Waals surface area contributed by atoms with Crippen molar-refractivity contribution in [3.05, 3.63) is 35.3 Å². The van der Waals surface area contributed by atoms with Gasteiger partial charge in [0.2, 0.25) is 0 Å². The third-order valence-corrected chi connectivity index (χ3v) is 3.16. The average molecular weight is 271 g/mol. The van der Waals surface area contributed by atoms with Crippen molar-refractivity contribution in [1.29, 1.82) is 0 Å². The molecule has 0 bridgehead atoms. The second-order valence-electron chi connectivity index (χ2n) is 4.41. The Balaban J connectivity index is 0.000000612. The molecule has 0 aliphatic carbocycles. The molecule has 5 heteroatoms. The third kappa shape index (κ3) is 3.53. The van der Waals surface area contributed by atoms with E-state index in [4.69, 9.17) is 16.2 Å². The number of fused-ring (bicyclic) bond motifs is 1. The maximum atomic E-state index is 8.12. The fraction of sp³-hybridized carbons (Fsp3) is 0.400. The van der Waals surface area contributed by atoms with Crippen molar-refractivity contribution in [3.63, 3.8) is 0 Å². The third-order valence-electron chi connectivity index (χ3n) is 3.16. The second kappa shape index (κ2) is 7.88.